The van der Waals surface area contributed by atoms with Crippen LogP contribution in [0.1, 0.15) is 58.8 Å². The van der Waals surface area contributed by atoms with E-state index in [-0.39, 0.29) is 30.1 Å². The molecular weight excluding hydrogens is 442 g/mol. The Morgan fingerprint density at radius 3 is 2.24 bits per heavy atom. The summed E-state index contributed by atoms with van der Waals surface area (Å²) in [5.41, 5.74) is 1.19. The zero-order valence-corrected chi connectivity index (χ0v) is 20.2. The second-order valence-corrected chi connectivity index (χ2v) is 8.36. The maximum absolute atomic E-state index is 13.6. The maximum atomic E-state index is 13.6. The third-order valence-corrected chi connectivity index (χ3v) is 5.28. The molecule has 3 N–H and O–H groups in total. The van der Waals surface area contributed by atoms with Crippen molar-refractivity contribution in [3.63, 3.8) is 0 Å². The number of hydrogen-bond donors (Lipinski definition) is 3. The number of rotatable bonds is 12. The van der Waals surface area contributed by atoms with Crippen LogP contribution < -0.4 is 10.6 Å². The van der Waals surface area contributed by atoms with E-state index >= 15 is 0 Å². The van der Waals surface area contributed by atoms with E-state index in [4.69, 9.17) is 0 Å². The lowest BCUT2D eigenvalue weighted by Crippen LogP contribution is -2.48. The Hall–Kier alpha value is -2.91. The van der Waals surface area contributed by atoms with Crippen LogP contribution in [0.2, 0.25) is 0 Å². The molecule has 0 fully saturated rings. The van der Waals surface area contributed by atoms with Crippen molar-refractivity contribution in [2.75, 3.05) is 26.7 Å². The van der Waals surface area contributed by atoms with Crippen molar-refractivity contribution >= 4 is 11.8 Å². The summed E-state index contributed by atoms with van der Waals surface area (Å²) in [6.07, 6.45) is 0.599. The van der Waals surface area contributed by atoms with Crippen LogP contribution in [0, 0.1) is 18.6 Å². The minimum atomic E-state index is -1.02. The van der Waals surface area contributed by atoms with Crippen molar-refractivity contribution in [1.82, 2.24) is 20.5 Å². The number of nitrogens with one attached hydrogen (secondary N) is 2. The monoisotopic (exact) mass is 476 g/mol. The number of aromatic nitrogens is 1. The molecule has 0 saturated carbocycles. The summed E-state index contributed by atoms with van der Waals surface area (Å²) in [6, 6.07) is 5.26. The molecule has 186 valence electrons. The number of nitrogens with zero attached hydrogens (tertiary/aromatic N) is 2. The van der Waals surface area contributed by atoms with E-state index in [0.717, 1.165) is 31.0 Å². The van der Waals surface area contributed by atoms with Crippen molar-refractivity contribution < 1.29 is 23.5 Å². The van der Waals surface area contributed by atoms with Gasteiger partial charge >= 0.3 is 0 Å². The normalized spacial score (nSPS) is 12.8. The van der Waals surface area contributed by atoms with Gasteiger partial charge in [-0.15, -0.1) is 0 Å². The Morgan fingerprint density at radius 2 is 1.68 bits per heavy atom. The molecule has 0 saturated heterocycles. The number of amides is 2. The average molecular weight is 477 g/mol. The second-order valence-electron chi connectivity index (χ2n) is 8.36. The molecule has 2 amide bonds. The van der Waals surface area contributed by atoms with Crippen LogP contribution in [-0.4, -0.2) is 65.6 Å². The van der Waals surface area contributed by atoms with Gasteiger partial charge in [-0.1, -0.05) is 13.8 Å². The highest BCUT2D eigenvalue weighted by Gasteiger charge is 2.24. The van der Waals surface area contributed by atoms with E-state index in [1.807, 2.05) is 13.8 Å². The lowest BCUT2D eigenvalue weighted by molar-refractivity contribution is 0.0749. The van der Waals surface area contributed by atoms with Crippen LogP contribution in [0.3, 0.4) is 0 Å². The molecule has 0 aliphatic rings. The predicted molar refractivity (Wildman–Crippen MR) is 127 cm³/mol. The van der Waals surface area contributed by atoms with Gasteiger partial charge in [-0.3, -0.25) is 9.59 Å². The minimum absolute atomic E-state index is 0.0138. The van der Waals surface area contributed by atoms with E-state index in [1.54, 1.807) is 24.9 Å². The van der Waals surface area contributed by atoms with Crippen LogP contribution in [0.15, 0.2) is 30.3 Å². The predicted octanol–water partition coefficient (Wildman–Crippen LogP) is 2.85. The number of pyridine rings is 1. The SMILES string of the molecule is CCCN(CCC)C(=O)c1cc(C(=O)N[C@@H](Cc2cc(F)cc(F)c2)[C@H](O)CNC)cc(C)n1. The zero-order chi connectivity index (χ0) is 25.3. The molecule has 1 heterocycles. The number of aliphatic hydroxyl groups is 1. The van der Waals surface area contributed by atoms with Crippen LogP contribution in [0.4, 0.5) is 8.78 Å². The summed E-state index contributed by atoms with van der Waals surface area (Å²) < 4.78 is 27.3. The molecule has 0 aliphatic carbocycles. The lowest BCUT2D eigenvalue weighted by atomic mass is 10.00. The molecule has 0 radical (unpaired) electrons. The van der Waals surface area contributed by atoms with Gasteiger partial charge in [0, 0.05) is 37.0 Å². The Labute approximate surface area is 199 Å². The first-order valence-electron chi connectivity index (χ1n) is 11.5. The fourth-order valence-electron chi connectivity index (χ4n) is 3.80. The molecule has 0 bridgehead atoms. The van der Waals surface area contributed by atoms with Crippen molar-refractivity contribution in [2.24, 2.45) is 0 Å². The summed E-state index contributed by atoms with van der Waals surface area (Å²) in [6.45, 7) is 7.00. The molecule has 9 heteroatoms. The van der Waals surface area contributed by atoms with Crippen molar-refractivity contribution in [2.45, 2.75) is 52.2 Å². The van der Waals surface area contributed by atoms with E-state index in [1.165, 1.54) is 6.07 Å². The van der Waals surface area contributed by atoms with Gasteiger partial charge in [0.05, 0.1) is 12.1 Å². The molecule has 0 spiro atoms. The first kappa shape index (κ1) is 27.3. The van der Waals surface area contributed by atoms with Crippen molar-refractivity contribution in [1.29, 1.82) is 0 Å². The van der Waals surface area contributed by atoms with E-state index in [9.17, 15) is 23.5 Å². The smallest absolute Gasteiger partial charge is 0.272 e. The van der Waals surface area contributed by atoms with Crippen LogP contribution in [0.25, 0.3) is 0 Å². The molecule has 7 nitrogen and oxygen atoms in total. The number of aryl methyl sites for hydroxylation is 1. The summed E-state index contributed by atoms with van der Waals surface area (Å²) in [5, 5.41) is 16.1. The lowest BCUT2D eigenvalue weighted by Gasteiger charge is -2.25. The summed E-state index contributed by atoms with van der Waals surface area (Å²) in [5.74, 6) is -2.24. The van der Waals surface area contributed by atoms with Gasteiger partial charge in [-0.2, -0.15) is 0 Å². The zero-order valence-electron chi connectivity index (χ0n) is 20.2. The van der Waals surface area contributed by atoms with Gasteiger partial charge < -0.3 is 20.6 Å². The first-order chi connectivity index (χ1) is 16.2. The fraction of sp³-hybridized carbons (Fsp3) is 0.480. The van der Waals surface area contributed by atoms with E-state index < -0.39 is 29.7 Å². The minimum Gasteiger partial charge on any atom is -0.390 e. The van der Waals surface area contributed by atoms with Gasteiger partial charge in [0.1, 0.15) is 17.3 Å². The standard InChI is InChI=1S/C25H34F2N4O3/c1-5-7-31(8-6-2)25(34)22-13-18(9-16(3)29-22)24(33)30-21(23(32)15-28-4)12-17-10-19(26)14-20(27)11-17/h9-11,13-14,21,23,28,32H,5-8,12,15H2,1-4H3,(H,30,33)/t21-,23+/m0/s1. The molecule has 2 atom stereocenters. The molecule has 2 rings (SSSR count). The Bertz CT molecular complexity index is 960. The third kappa shape index (κ3) is 7.85. The molecule has 34 heavy (non-hydrogen) atoms. The van der Waals surface area contributed by atoms with Crippen LogP contribution in [-0.2, 0) is 6.42 Å². The summed E-state index contributed by atoms with van der Waals surface area (Å²) in [4.78, 5) is 32.1. The maximum Gasteiger partial charge on any atom is 0.272 e. The number of carbonyl (C=O) groups excluding carboxylic acids is 2. The summed E-state index contributed by atoms with van der Waals surface area (Å²) in [7, 11) is 1.65. The number of aliphatic hydroxyl groups excluding tert-OH is 1. The number of hydrogen-bond acceptors (Lipinski definition) is 5. The van der Waals surface area contributed by atoms with Crippen molar-refractivity contribution in [3.05, 3.63) is 64.5 Å². The molecule has 0 aliphatic heterocycles. The fourth-order valence-corrected chi connectivity index (χ4v) is 3.80. The van der Waals surface area contributed by atoms with Gasteiger partial charge in [0.25, 0.3) is 11.8 Å². The third-order valence-electron chi connectivity index (χ3n) is 5.28. The Morgan fingerprint density at radius 1 is 1.06 bits per heavy atom. The first-order valence-corrected chi connectivity index (χ1v) is 11.5. The number of likely N-dealkylation sites (N-methyl/N-ethyl adjacent to an activating group) is 1. The molecule has 1 aromatic carbocycles. The van der Waals surface area contributed by atoms with Gasteiger partial charge in [0.15, 0.2) is 0 Å². The van der Waals surface area contributed by atoms with E-state index in [2.05, 4.69) is 15.6 Å². The number of carbonyl (C=O) groups is 2. The molecular formula is C25H34F2N4O3. The summed E-state index contributed by atoms with van der Waals surface area (Å²) >= 11 is 0. The van der Waals surface area contributed by atoms with Crippen LogP contribution in [0.5, 0.6) is 0 Å². The molecule has 0 unspecified atom stereocenters. The van der Waals surface area contributed by atoms with E-state index in [0.29, 0.717) is 24.3 Å². The molecule has 2 aromatic rings. The van der Waals surface area contributed by atoms with Gasteiger partial charge in [-0.25, -0.2) is 13.8 Å². The van der Waals surface area contributed by atoms with Crippen LogP contribution >= 0.6 is 0 Å². The van der Waals surface area contributed by atoms with Gasteiger partial charge in [-0.05, 0) is 63.1 Å². The second kappa shape index (κ2) is 13.1. The topological polar surface area (TPSA) is 94.6 Å². The number of halogens is 2. The van der Waals surface area contributed by atoms with Gasteiger partial charge in [0.2, 0.25) is 0 Å². The number of benzene rings is 1. The Kier molecular flexibility index (Phi) is 10.5. The highest BCUT2D eigenvalue weighted by Crippen LogP contribution is 2.14. The highest BCUT2D eigenvalue weighted by molar-refractivity contribution is 5.98. The average Bonchev–Trinajstić information content (AvgIpc) is 2.77. The quantitative estimate of drug-likeness (QED) is 0.438. The van der Waals surface area contributed by atoms with Crippen molar-refractivity contribution in [3.8, 4) is 0 Å². The Balaban J connectivity index is 2.29. The highest BCUT2D eigenvalue weighted by atomic mass is 19.1. The largest absolute Gasteiger partial charge is 0.390 e. The molecule has 1 aromatic heterocycles.